The van der Waals surface area contributed by atoms with E-state index in [4.69, 9.17) is 16.3 Å². The normalized spacial score (nSPS) is 20.5. The third-order valence-electron chi connectivity index (χ3n) is 6.32. The van der Waals surface area contributed by atoms with Crippen molar-refractivity contribution in [1.29, 1.82) is 0 Å². The van der Waals surface area contributed by atoms with E-state index in [0.29, 0.717) is 11.6 Å². The standard InChI is InChI=1S/C26H31ClFN3O2/c1-20-17-30(18-21-2-7-25(28)8-3-21)10-11-31(20)26(32)9-5-22-4-6-24(27)16-23(22)19-29-12-14-33-15-13-29/h2-9,16,20H,10-15,17-19H2,1H3/b9-5+. The van der Waals surface area contributed by atoms with Gasteiger partial charge in [0.2, 0.25) is 5.91 Å². The SMILES string of the molecule is CC1CN(Cc2ccc(F)cc2)CCN1C(=O)/C=C/c1ccc(Cl)cc1CN1CCOCC1. The molecular weight excluding hydrogens is 441 g/mol. The van der Waals surface area contributed by atoms with Crippen LogP contribution in [0.25, 0.3) is 6.08 Å². The largest absolute Gasteiger partial charge is 0.379 e. The number of halogens is 2. The van der Waals surface area contributed by atoms with Crippen molar-refractivity contribution in [2.75, 3.05) is 45.9 Å². The molecule has 33 heavy (non-hydrogen) atoms. The first kappa shape index (κ1) is 23.9. The molecule has 1 unspecified atom stereocenters. The molecule has 2 aliphatic rings. The van der Waals surface area contributed by atoms with Crippen molar-refractivity contribution >= 4 is 23.6 Å². The zero-order valence-electron chi connectivity index (χ0n) is 19.1. The van der Waals surface area contributed by atoms with Crippen molar-refractivity contribution in [2.45, 2.75) is 26.1 Å². The van der Waals surface area contributed by atoms with Crippen molar-refractivity contribution in [1.82, 2.24) is 14.7 Å². The topological polar surface area (TPSA) is 36.0 Å². The van der Waals surface area contributed by atoms with Gasteiger partial charge in [0, 0.05) is 63.0 Å². The molecule has 1 amide bonds. The van der Waals surface area contributed by atoms with E-state index in [0.717, 1.165) is 69.2 Å². The number of carbonyl (C=O) groups excluding carboxylic acids is 1. The van der Waals surface area contributed by atoms with Crippen LogP contribution in [0.3, 0.4) is 0 Å². The number of carbonyl (C=O) groups is 1. The minimum atomic E-state index is -0.219. The molecule has 0 aromatic heterocycles. The van der Waals surface area contributed by atoms with Gasteiger partial charge in [0.05, 0.1) is 13.2 Å². The van der Waals surface area contributed by atoms with Crippen LogP contribution in [0.5, 0.6) is 0 Å². The summed E-state index contributed by atoms with van der Waals surface area (Å²) < 4.78 is 18.6. The number of piperazine rings is 1. The molecule has 2 heterocycles. The minimum absolute atomic E-state index is 0.0243. The highest BCUT2D eigenvalue weighted by molar-refractivity contribution is 6.30. The number of nitrogens with zero attached hydrogens (tertiary/aromatic N) is 3. The molecule has 0 saturated carbocycles. The van der Waals surface area contributed by atoms with Crippen LogP contribution in [0.1, 0.15) is 23.6 Å². The molecule has 2 saturated heterocycles. The maximum absolute atomic E-state index is 13.1. The van der Waals surface area contributed by atoms with E-state index in [2.05, 4.69) is 16.7 Å². The van der Waals surface area contributed by atoms with Crippen molar-refractivity contribution in [3.8, 4) is 0 Å². The van der Waals surface area contributed by atoms with E-state index in [-0.39, 0.29) is 17.8 Å². The quantitative estimate of drug-likeness (QED) is 0.595. The van der Waals surface area contributed by atoms with Gasteiger partial charge in [-0.3, -0.25) is 14.6 Å². The van der Waals surface area contributed by atoms with Gasteiger partial charge in [-0.2, -0.15) is 0 Å². The highest BCUT2D eigenvalue weighted by Gasteiger charge is 2.26. The molecular formula is C26H31ClFN3O2. The Labute approximate surface area is 200 Å². The Morgan fingerprint density at radius 3 is 2.55 bits per heavy atom. The van der Waals surface area contributed by atoms with Gasteiger partial charge in [-0.05, 0) is 54.0 Å². The van der Waals surface area contributed by atoms with Gasteiger partial charge >= 0.3 is 0 Å². The fourth-order valence-electron chi connectivity index (χ4n) is 4.48. The number of rotatable bonds is 6. The van der Waals surface area contributed by atoms with Gasteiger partial charge in [0.1, 0.15) is 5.82 Å². The Hall–Kier alpha value is -2.25. The molecule has 4 rings (SSSR count). The molecule has 1 atom stereocenters. The number of benzene rings is 2. The first-order chi connectivity index (χ1) is 16.0. The number of hydrogen-bond donors (Lipinski definition) is 0. The number of hydrogen-bond acceptors (Lipinski definition) is 4. The van der Waals surface area contributed by atoms with Crippen molar-refractivity contribution in [3.63, 3.8) is 0 Å². The van der Waals surface area contributed by atoms with Crippen LogP contribution in [0.15, 0.2) is 48.5 Å². The van der Waals surface area contributed by atoms with Gasteiger partial charge in [-0.25, -0.2) is 4.39 Å². The Kier molecular flexibility index (Phi) is 8.15. The van der Waals surface area contributed by atoms with Crippen LogP contribution in [0.2, 0.25) is 5.02 Å². The highest BCUT2D eigenvalue weighted by Crippen LogP contribution is 2.21. The molecule has 2 aliphatic heterocycles. The predicted octanol–water partition coefficient (Wildman–Crippen LogP) is 4.06. The number of morpholine rings is 1. The fraction of sp³-hybridized carbons (Fsp3) is 0.423. The summed E-state index contributed by atoms with van der Waals surface area (Å²) in [5.41, 5.74) is 3.21. The third-order valence-corrected chi connectivity index (χ3v) is 6.56. The van der Waals surface area contributed by atoms with Crippen LogP contribution in [0.4, 0.5) is 4.39 Å². The Bertz CT molecular complexity index is 976. The Morgan fingerprint density at radius 1 is 1.06 bits per heavy atom. The van der Waals surface area contributed by atoms with E-state index in [1.54, 1.807) is 6.08 Å². The van der Waals surface area contributed by atoms with Crippen LogP contribution in [0, 0.1) is 5.82 Å². The average Bonchev–Trinajstić information content (AvgIpc) is 2.81. The summed E-state index contributed by atoms with van der Waals surface area (Å²) in [6.45, 7) is 9.17. The molecule has 2 aromatic rings. The third kappa shape index (κ3) is 6.64. The molecule has 0 spiro atoms. The zero-order valence-corrected chi connectivity index (χ0v) is 19.8. The van der Waals surface area contributed by atoms with E-state index in [1.807, 2.05) is 41.3 Å². The molecule has 7 heteroatoms. The molecule has 5 nitrogen and oxygen atoms in total. The molecule has 0 bridgehead atoms. The smallest absolute Gasteiger partial charge is 0.246 e. The summed E-state index contributed by atoms with van der Waals surface area (Å²) in [6.07, 6.45) is 3.59. The van der Waals surface area contributed by atoms with Gasteiger partial charge in [-0.15, -0.1) is 0 Å². The number of ether oxygens (including phenoxy) is 1. The molecule has 0 radical (unpaired) electrons. The summed E-state index contributed by atoms with van der Waals surface area (Å²) >= 11 is 6.25. The lowest BCUT2D eigenvalue weighted by Gasteiger charge is -2.39. The monoisotopic (exact) mass is 471 g/mol. The summed E-state index contributed by atoms with van der Waals surface area (Å²) in [5.74, 6) is -0.195. The van der Waals surface area contributed by atoms with Crippen molar-refractivity contribution < 1.29 is 13.9 Å². The van der Waals surface area contributed by atoms with Crippen molar-refractivity contribution in [2.24, 2.45) is 0 Å². The van der Waals surface area contributed by atoms with E-state index in [9.17, 15) is 9.18 Å². The average molecular weight is 472 g/mol. The van der Waals surface area contributed by atoms with E-state index in [1.165, 1.54) is 12.1 Å². The first-order valence-electron chi connectivity index (χ1n) is 11.5. The van der Waals surface area contributed by atoms with Gasteiger partial charge in [0.15, 0.2) is 0 Å². The molecule has 0 aliphatic carbocycles. The lowest BCUT2D eigenvalue weighted by Crippen LogP contribution is -2.53. The Morgan fingerprint density at radius 2 is 1.82 bits per heavy atom. The maximum Gasteiger partial charge on any atom is 0.246 e. The first-order valence-corrected chi connectivity index (χ1v) is 11.9. The molecule has 2 aromatic carbocycles. The summed E-state index contributed by atoms with van der Waals surface area (Å²) in [5, 5.41) is 0.702. The van der Waals surface area contributed by atoms with Crippen LogP contribution < -0.4 is 0 Å². The predicted molar refractivity (Wildman–Crippen MR) is 129 cm³/mol. The lowest BCUT2D eigenvalue weighted by atomic mass is 10.1. The van der Waals surface area contributed by atoms with Crippen molar-refractivity contribution in [3.05, 3.63) is 76.1 Å². The summed E-state index contributed by atoms with van der Waals surface area (Å²) in [7, 11) is 0. The molecule has 2 fully saturated rings. The lowest BCUT2D eigenvalue weighted by molar-refractivity contribution is -0.130. The van der Waals surface area contributed by atoms with E-state index < -0.39 is 0 Å². The van der Waals surface area contributed by atoms with Crippen LogP contribution >= 0.6 is 11.6 Å². The van der Waals surface area contributed by atoms with Gasteiger partial charge in [0.25, 0.3) is 0 Å². The summed E-state index contributed by atoms with van der Waals surface area (Å²) in [4.78, 5) is 19.6. The Balaban J connectivity index is 1.36. The highest BCUT2D eigenvalue weighted by atomic mass is 35.5. The van der Waals surface area contributed by atoms with Crippen LogP contribution in [-0.4, -0.2) is 72.6 Å². The fourth-order valence-corrected chi connectivity index (χ4v) is 4.68. The second-order valence-electron chi connectivity index (χ2n) is 8.81. The van der Waals surface area contributed by atoms with Gasteiger partial charge in [-0.1, -0.05) is 29.8 Å². The molecule has 0 N–H and O–H groups in total. The zero-order chi connectivity index (χ0) is 23.2. The number of amides is 1. The van der Waals surface area contributed by atoms with E-state index >= 15 is 0 Å². The minimum Gasteiger partial charge on any atom is -0.379 e. The van der Waals surface area contributed by atoms with Crippen LogP contribution in [-0.2, 0) is 22.6 Å². The van der Waals surface area contributed by atoms with Gasteiger partial charge < -0.3 is 9.64 Å². The second kappa shape index (κ2) is 11.3. The summed E-state index contributed by atoms with van der Waals surface area (Å²) in [6, 6.07) is 12.6. The maximum atomic E-state index is 13.1. The second-order valence-corrected chi connectivity index (χ2v) is 9.24. The molecule has 176 valence electrons.